The Morgan fingerprint density at radius 3 is 2.86 bits per heavy atom. The van der Waals surface area contributed by atoms with Gasteiger partial charge in [0.05, 0.1) is 25.2 Å². The summed E-state index contributed by atoms with van der Waals surface area (Å²) in [6.45, 7) is 7.25. The summed E-state index contributed by atoms with van der Waals surface area (Å²) in [6.07, 6.45) is 5.68. The number of nitrogens with zero attached hydrogens (tertiary/aromatic N) is 3. The topological polar surface area (TPSA) is 70.1 Å². The normalized spacial score (nSPS) is 11.0. The Hall–Kier alpha value is -3.13. The van der Waals surface area contributed by atoms with Gasteiger partial charge in [-0.15, -0.1) is 0 Å². The van der Waals surface area contributed by atoms with E-state index in [4.69, 9.17) is 9.68 Å². The van der Waals surface area contributed by atoms with Crippen LogP contribution in [0.5, 0.6) is 0 Å². The first kappa shape index (κ1) is 19.6. The van der Waals surface area contributed by atoms with Crippen LogP contribution in [0.4, 0.5) is 0 Å². The van der Waals surface area contributed by atoms with Gasteiger partial charge in [0, 0.05) is 36.4 Å². The van der Waals surface area contributed by atoms with Crippen LogP contribution >= 0.6 is 0 Å². The summed E-state index contributed by atoms with van der Waals surface area (Å²) < 4.78 is 5.71. The van der Waals surface area contributed by atoms with E-state index < -0.39 is 0 Å². The van der Waals surface area contributed by atoms with Crippen LogP contribution in [0.1, 0.15) is 48.4 Å². The van der Waals surface area contributed by atoms with E-state index in [0.717, 1.165) is 22.1 Å². The van der Waals surface area contributed by atoms with Crippen molar-refractivity contribution in [1.82, 2.24) is 9.88 Å². The van der Waals surface area contributed by atoms with Gasteiger partial charge in [0.15, 0.2) is 0 Å². The molecule has 5 heteroatoms. The smallest absolute Gasteiger partial charge is 0.227 e. The van der Waals surface area contributed by atoms with E-state index in [1.807, 2.05) is 18.2 Å². The third-order valence-electron chi connectivity index (χ3n) is 4.95. The summed E-state index contributed by atoms with van der Waals surface area (Å²) in [5.41, 5.74) is 5.10. The van der Waals surface area contributed by atoms with Crippen LogP contribution in [-0.4, -0.2) is 22.3 Å². The number of pyridine rings is 1. The predicted molar refractivity (Wildman–Crippen MR) is 109 cm³/mol. The first-order valence-electron chi connectivity index (χ1n) is 9.53. The molecule has 0 aliphatic heterocycles. The molecule has 2 aromatic heterocycles. The molecule has 0 aliphatic carbocycles. The average molecular weight is 375 g/mol. The highest BCUT2D eigenvalue weighted by Gasteiger charge is 2.18. The molecule has 1 amide bonds. The van der Waals surface area contributed by atoms with Gasteiger partial charge in [-0.25, -0.2) is 0 Å². The van der Waals surface area contributed by atoms with E-state index in [1.165, 1.54) is 11.1 Å². The van der Waals surface area contributed by atoms with Crippen molar-refractivity contribution in [2.45, 2.75) is 46.1 Å². The second-order valence-corrected chi connectivity index (χ2v) is 7.38. The Labute approximate surface area is 165 Å². The molecule has 5 nitrogen and oxygen atoms in total. The third kappa shape index (κ3) is 4.40. The standard InChI is InChI=1S/C23H25N3O2/c1-16(2)20-12-21-19(15-28-22(21)10-17(20)3)11-23(27)26(9-5-7-24)14-18-6-4-8-25-13-18/h4,6,8,10,12-13,15-16H,5,9,11,14H2,1-3H3. The van der Waals surface area contributed by atoms with Crippen molar-refractivity contribution >= 4 is 16.9 Å². The number of amides is 1. The maximum absolute atomic E-state index is 13.0. The minimum atomic E-state index is -0.0199. The number of furan rings is 1. The lowest BCUT2D eigenvalue weighted by Gasteiger charge is -2.21. The molecule has 1 aromatic carbocycles. The van der Waals surface area contributed by atoms with Gasteiger partial charge in [0.25, 0.3) is 0 Å². The number of rotatable bonds is 7. The molecule has 3 rings (SSSR count). The van der Waals surface area contributed by atoms with Gasteiger partial charge in [-0.2, -0.15) is 5.26 Å². The van der Waals surface area contributed by atoms with E-state index >= 15 is 0 Å². The zero-order valence-corrected chi connectivity index (χ0v) is 16.6. The molecular weight excluding hydrogens is 350 g/mol. The number of carbonyl (C=O) groups is 1. The Bertz CT molecular complexity index is 1000. The lowest BCUT2D eigenvalue weighted by molar-refractivity contribution is -0.131. The number of aryl methyl sites for hydroxylation is 1. The second kappa shape index (κ2) is 8.71. The Balaban J connectivity index is 1.84. The van der Waals surface area contributed by atoms with E-state index in [1.54, 1.807) is 23.6 Å². The molecule has 0 unspecified atom stereocenters. The minimum absolute atomic E-state index is 0.0199. The maximum Gasteiger partial charge on any atom is 0.227 e. The summed E-state index contributed by atoms with van der Waals surface area (Å²) >= 11 is 0. The summed E-state index contributed by atoms with van der Waals surface area (Å²) in [6, 6.07) is 10.1. The van der Waals surface area contributed by atoms with E-state index in [-0.39, 0.29) is 12.3 Å². The van der Waals surface area contributed by atoms with Gasteiger partial charge < -0.3 is 9.32 Å². The van der Waals surface area contributed by atoms with Gasteiger partial charge in [-0.05, 0) is 47.7 Å². The molecule has 0 fully saturated rings. The Morgan fingerprint density at radius 1 is 1.36 bits per heavy atom. The van der Waals surface area contributed by atoms with Gasteiger partial charge in [0.2, 0.25) is 5.91 Å². The monoisotopic (exact) mass is 375 g/mol. The van der Waals surface area contributed by atoms with Crippen LogP contribution < -0.4 is 0 Å². The van der Waals surface area contributed by atoms with Crippen LogP contribution in [0.25, 0.3) is 11.0 Å². The van der Waals surface area contributed by atoms with Crippen molar-refractivity contribution in [3.63, 3.8) is 0 Å². The van der Waals surface area contributed by atoms with Crippen molar-refractivity contribution in [2.75, 3.05) is 6.54 Å². The molecule has 0 radical (unpaired) electrons. The van der Waals surface area contributed by atoms with Crippen molar-refractivity contribution in [3.05, 3.63) is 65.2 Å². The summed E-state index contributed by atoms with van der Waals surface area (Å²) in [7, 11) is 0. The van der Waals surface area contributed by atoms with Crippen molar-refractivity contribution < 1.29 is 9.21 Å². The quantitative estimate of drug-likeness (QED) is 0.598. The molecule has 0 saturated carbocycles. The zero-order chi connectivity index (χ0) is 20.1. The lowest BCUT2D eigenvalue weighted by Crippen LogP contribution is -2.32. The van der Waals surface area contributed by atoms with Crippen molar-refractivity contribution in [3.8, 4) is 6.07 Å². The maximum atomic E-state index is 13.0. The largest absolute Gasteiger partial charge is 0.464 e. The van der Waals surface area contributed by atoms with E-state index in [9.17, 15) is 4.79 Å². The first-order valence-corrected chi connectivity index (χ1v) is 9.53. The molecule has 0 saturated heterocycles. The third-order valence-corrected chi connectivity index (χ3v) is 4.95. The number of aromatic nitrogens is 1. The molecule has 0 spiro atoms. The van der Waals surface area contributed by atoms with Crippen LogP contribution in [0.2, 0.25) is 0 Å². The molecule has 3 aromatic rings. The molecule has 0 aliphatic rings. The summed E-state index contributed by atoms with van der Waals surface area (Å²) in [5.74, 6) is 0.383. The average Bonchev–Trinajstić information content (AvgIpc) is 3.06. The molecule has 2 heterocycles. The summed E-state index contributed by atoms with van der Waals surface area (Å²) in [5, 5.41) is 9.94. The molecule has 144 valence electrons. The fraction of sp³-hybridized carbons (Fsp3) is 0.348. The number of carbonyl (C=O) groups excluding carboxylic acids is 1. The Morgan fingerprint density at radius 2 is 2.18 bits per heavy atom. The second-order valence-electron chi connectivity index (χ2n) is 7.38. The summed E-state index contributed by atoms with van der Waals surface area (Å²) in [4.78, 5) is 18.8. The van der Waals surface area contributed by atoms with Gasteiger partial charge in [-0.3, -0.25) is 9.78 Å². The van der Waals surface area contributed by atoms with Gasteiger partial charge >= 0.3 is 0 Å². The fourth-order valence-electron chi connectivity index (χ4n) is 3.47. The van der Waals surface area contributed by atoms with Crippen LogP contribution in [0.3, 0.4) is 0 Å². The highest BCUT2D eigenvalue weighted by atomic mass is 16.3. The molecule has 28 heavy (non-hydrogen) atoms. The van der Waals surface area contributed by atoms with E-state index in [2.05, 4.69) is 37.9 Å². The van der Waals surface area contributed by atoms with Gasteiger partial charge in [-0.1, -0.05) is 19.9 Å². The number of hydrogen-bond donors (Lipinski definition) is 0. The molecule has 0 atom stereocenters. The van der Waals surface area contributed by atoms with Crippen molar-refractivity contribution in [2.24, 2.45) is 0 Å². The van der Waals surface area contributed by atoms with Crippen LogP contribution in [-0.2, 0) is 17.8 Å². The minimum Gasteiger partial charge on any atom is -0.464 e. The Kier molecular flexibility index (Phi) is 6.10. The van der Waals surface area contributed by atoms with E-state index in [0.29, 0.717) is 25.4 Å². The highest BCUT2D eigenvalue weighted by Crippen LogP contribution is 2.29. The van der Waals surface area contributed by atoms with Gasteiger partial charge in [0.1, 0.15) is 5.58 Å². The molecule has 0 bridgehead atoms. The fourth-order valence-corrected chi connectivity index (χ4v) is 3.47. The van der Waals surface area contributed by atoms with Crippen LogP contribution in [0, 0.1) is 18.3 Å². The SMILES string of the molecule is Cc1cc2occ(CC(=O)N(CCC#N)Cc3cccnc3)c2cc1C(C)C. The number of benzene rings is 1. The predicted octanol–water partition coefficient (Wildman–Crippen LogP) is 4.74. The zero-order valence-electron chi connectivity index (χ0n) is 16.6. The highest BCUT2D eigenvalue weighted by molar-refractivity contribution is 5.88. The number of nitriles is 1. The molecule has 0 N–H and O–H groups in total. The number of hydrogen-bond acceptors (Lipinski definition) is 4. The number of fused-ring (bicyclic) bond motifs is 1. The molecular formula is C23H25N3O2. The van der Waals surface area contributed by atoms with Crippen LogP contribution in [0.15, 0.2) is 47.3 Å². The van der Waals surface area contributed by atoms with Crippen molar-refractivity contribution in [1.29, 1.82) is 5.26 Å². The lowest BCUT2D eigenvalue weighted by atomic mass is 9.95. The first-order chi connectivity index (χ1) is 13.5.